The summed E-state index contributed by atoms with van der Waals surface area (Å²) in [6, 6.07) is 36.4. The molecule has 4 heteroatoms. The molecule has 0 bridgehead atoms. The summed E-state index contributed by atoms with van der Waals surface area (Å²) < 4.78 is 17.3. The van der Waals surface area contributed by atoms with Crippen LogP contribution in [0.15, 0.2) is 120 Å². The highest BCUT2D eigenvalue weighted by molar-refractivity contribution is 6.24. The molecule has 1 unspecified atom stereocenters. The summed E-state index contributed by atoms with van der Waals surface area (Å²) in [6.07, 6.45) is 6.00. The maximum Gasteiger partial charge on any atom is 0.161 e. The van der Waals surface area contributed by atoms with Crippen molar-refractivity contribution in [3.05, 3.63) is 155 Å². The van der Waals surface area contributed by atoms with Gasteiger partial charge in [-0.15, -0.1) is 0 Å². The first kappa shape index (κ1) is 25.2. The van der Waals surface area contributed by atoms with E-state index in [2.05, 4.69) is 114 Å². The number of methoxy groups -OCH3 is 2. The Bertz CT molecular complexity index is 1750. The number of benzene rings is 4. The third kappa shape index (κ3) is 4.47. The molecule has 1 atom stereocenters. The summed E-state index contributed by atoms with van der Waals surface area (Å²) in [5.41, 5.74) is 12.1. The maximum atomic E-state index is 5.85. The quantitative estimate of drug-likeness (QED) is 0.217. The lowest BCUT2D eigenvalue weighted by Gasteiger charge is -2.40. The highest BCUT2D eigenvalue weighted by Crippen LogP contribution is 2.54. The first-order chi connectivity index (χ1) is 20.2. The summed E-state index contributed by atoms with van der Waals surface area (Å²) in [5, 5.41) is 0. The lowest BCUT2D eigenvalue weighted by atomic mass is 9.79. The van der Waals surface area contributed by atoms with Crippen LogP contribution in [0.2, 0.25) is 0 Å². The topological polar surface area (TPSA) is 34.8 Å². The molecule has 4 nitrogen and oxygen atoms in total. The van der Waals surface area contributed by atoms with Gasteiger partial charge in [0.05, 0.1) is 32.8 Å². The van der Waals surface area contributed by atoms with Gasteiger partial charge >= 0.3 is 0 Å². The zero-order valence-corrected chi connectivity index (χ0v) is 23.2. The zero-order valence-electron chi connectivity index (χ0n) is 23.2. The van der Waals surface area contributed by atoms with Crippen molar-refractivity contribution in [2.24, 2.45) is 0 Å². The predicted octanol–water partition coefficient (Wildman–Crippen LogP) is 8.52. The van der Waals surface area contributed by atoms with Gasteiger partial charge in [-0.3, -0.25) is 4.90 Å². The van der Waals surface area contributed by atoms with Crippen LogP contribution >= 0.6 is 0 Å². The van der Waals surface area contributed by atoms with Crippen molar-refractivity contribution < 1.29 is 13.9 Å². The molecule has 0 saturated heterocycles. The SMILES string of the molecule is COc1cc2c(cc1OC)/C(=C1/C(c3ccccc3)=Cc3ccccc31)C(c1ccoc1)N(Cc1ccccc1)C2. The Hall–Kier alpha value is -4.80. The van der Waals surface area contributed by atoms with Crippen molar-refractivity contribution in [3.63, 3.8) is 0 Å². The van der Waals surface area contributed by atoms with E-state index in [0.29, 0.717) is 0 Å². The Morgan fingerprint density at radius 1 is 0.780 bits per heavy atom. The van der Waals surface area contributed by atoms with E-state index in [-0.39, 0.29) is 6.04 Å². The molecule has 0 spiro atoms. The van der Waals surface area contributed by atoms with Gasteiger partial charge in [-0.2, -0.15) is 0 Å². The number of furan rings is 1. The molecule has 1 aliphatic carbocycles. The summed E-state index contributed by atoms with van der Waals surface area (Å²) in [7, 11) is 3.40. The van der Waals surface area contributed by atoms with E-state index in [0.717, 1.165) is 30.2 Å². The molecule has 0 N–H and O–H groups in total. The van der Waals surface area contributed by atoms with E-state index in [1.807, 2.05) is 6.26 Å². The van der Waals surface area contributed by atoms with Crippen molar-refractivity contribution in [2.45, 2.75) is 19.1 Å². The summed E-state index contributed by atoms with van der Waals surface area (Å²) in [4.78, 5) is 2.54. The Labute approximate surface area is 240 Å². The molecular formula is C37H31NO3. The lowest BCUT2D eigenvalue weighted by Crippen LogP contribution is -2.33. The number of hydrogen-bond acceptors (Lipinski definition) is 4. The van der Waals surface area contributed by atoms with E-state index < -0.39 is 0 Å². The van der Waals surface area contributed by atoms with Gasteiger partial charge in [0.1, 0.15) is 0 Å². The molecule has 0 saturated carbocycles. The molecule has 0 radical (unpaired) electrons. The van der Waals surface area contributed by atoms with Crippen LogP contribution in [-0.4, -0.2) is 19.1 Å². The molecule has 7 rings (SSSR count). The second-order valence-electron chi connectivity index (χ2n) is 10.5. The van der Waals surface area contributed by atoms with Gasteiger partial charge in [-0.05, 0) is 74.4 Å². The van der Waals surface area contributed by atoms with Crippen molar-refractivity contribution in [2.75, 3.05) is 14.2 Å². The molecule has 1 aliphatic heterocycles. The molecule has 0 amide bonds. The molecule has 4 aromatic carbocycles. The Kier molecular flexibility index (Phi) is 6.54. The van der Waals surface area contributed by atoms with Gasteiger partial charge in [0.15, 0.2) is 11.5 Å². The van der Waals surface area contributed by atoms with Crippen LogP contribution in [-0.2, 0) is 13.1 Å². The summed E-state index contributed by atoms with van der Waals surface area (Å²) >= 11 is 0. The monoisotopic (exact) mass is 537 g/mol. The molecular weight excluding hydrogens is 506 g/mol. The predicted molar refractivity (Wildman–Crippen MR) is 164 cm³/mol. The average Bonchev–Trinajstić information content (AvgIpc) is 3.69. The van der Waals surface area contributed by atoms with Crippen molar-refractivity contribution in [3.8, 4) is 11.5 Å². The molecule has 5 aromatic rings. The normalized spacial score (nSPS) is 18.0. The smallest absolute Gasteiger partial charge is 0.161 e. The van der Waals surface area contributed by atoms with Crippen molar-refractivity contribution in [1.29, 1.82) is 0 Å². The van der Waals surface area contributed by atoms with Gasteiger partial charge in [-0.1, -0.05) is 84.9 Å². The van der Waals surface area contributed by atoms with Crippen LogP contribution in [0, 0.1) is 0 Å². The minimum Gasteiger partial charge on any atom is -0.493 e. The minimum absolute atomic E-state index is 0.0483. The van der Waals surface area contributed by atoms with Crippen LogP contribution in [0.1, 0.15) is 45.0 Å². The fourth-order valence-corrected chi connectivity index (χ4v) is 6.35. The lowest BCUT2D eigenvalue weighted by molar-refractivity contribution is 0.210. The second kappa shape index (κ2) is 10.6. The second-order valence-corrected chi connectivity index (χ2v) is 10.5. The van der Waals surface area contributed by atoms with E-state index in [9.17, 15) is 0 Å². The van der Waals surface area contributed by atoms with Gasteiger partial charge in [-0.25, -0.2) is 0 Å². The first-order valence-corrected chi connectivity index (χ1v) is 13.9. The van der Waals surface area contributed by atoms with Gasteiger partial charge in [0.25, 0.3) is 0 Å². The summed E-state index contributed by atoms with van der Waals surface area (Å²) in [5.74, 6) is 1.46. The van der Waals surface area contributed by atoms with Crippen LogP contribution in [0.5, 0.6) is 11.5 Å². The molecule has 0 fully saturated rings. The average molecular weight is 538 g/mol. The minimum atomic E-state index is -0.0483. The van der Waals surface area contributed by atoms with Crippen LogP contribution < -0.4 is 9.47 Å². The number of rotatable bonds is 6. The number of hydrogen-bond donors (Lipinski definition) is 0. The fourth-order valence-electron chi connectivity index (χ4n) is 6.35. The Morgan fingerprint density at radius 3 is 2.22 bits per heavy atom. The first-order valence-electron chi connectivity index (χ1n) is 13.9. The Balaban J connectivity index is 1.56. The number of fused-ring (bicyclic) bond motifs is 2. The standard InChI is InChI=1S/C37H31NO3/c1-39-33-20-29-23-38(22-25-11-5-3-6-12-25)37(28-17-18-41-24-28)36(32(29)21-34(33)40-2)35-30-16-10-9-15-27(30)19-31(35)26-13-7-4-8-14-26/h3-21,24,37H,22-23H2,1-2H3/b36-35-. The van der Waals surface area contributed by atoms with Crippen molar-refractivity contribution >= 4 is 22.8 Å². The van der Waals surface area contributed by atoms with Crippen molar-refractivity contribution in [1.82, 2.24) is 4.90 Å². The molecule has 2 aliphatic rings. The van der Waals surface area contributed by atoms with Gasteiger partial charge in [0, 0.05) is 18.7 Å². The Morgan fingerprint density at radius 2 is 1.49 bits per heavy atom. The third-order valence-electron chi connectivity index (χ3n) is 8.15. The summed E-state index contributed by atoms with van der Waals surface area (Å²) in [6.45, 7) is 1.54. The zero-order chi connectivity index (χ0) is 27.8. The number of nitrogens with zero attached hydrogens (tertiary/aromatic N) is 1. The molecule has 41 heavy (non-hydrogen) atoms. The molecule has 2 heterocycles. The number of ether oxygens (including phenoxy) is 2. The van der Waals surface area contributed by atoms with E-state index in [4.69, 9.17) is 13.9 Å². The largest absolute Gasteiger partial charge is 0.493 e. The van der Waals surface area contributed by atoms with Crippen LogP contribution in [0.3, 0.4) is 0 Å². The highest BCUT2D eigenvalue weighted by Gasteiger charge is 2.38. The van der Waals surface area contributed by atoms with E-state index in [1.54, 1.807) is 20.5 Å². The fraction of sp³-hybridized carbons (Fsp3) is 0.135. The van der Waals surface area contributed by atoms with Gasteiger partial charge in [0.2, 0.25) is 0 Å². The van der Waals surface area contributed by atoms with E-state index in [1.165, 1.54) is 50.1 Å². The molecule has 1 aromatic heterocycles. The third-order valence-corrected chi connectivity index (χ3v) is 8.15. The van der Waals surface area contributed by atoms with E-state index >= 15 is 0 Å². The number of allylic oxidation sites excluding steroid dienone is 2. The van der Waals surface area contributed by atoms with Crippen LogP contribution in [0.4, 0.5) is 0 Å². The highest BCUT2D eigenvalue weighted by atomic mass is 16.5. The maximum absolute atomic E-state index is 5.85. The van der Waals surface area contributed by atoms with Crippen LogP contribution in [0.25, 0.3) is 22.8 Å². The van der Waals surface area contributed by atoms with Gasteiger partial charge < -0.3 is 13.9 Å². The molecule has 202 valence electrons.